The van der Waals surface area contributed by atoms with Crippen LogP contribution in [0.15, 0.2) is 67.3 Å². The van der Waals surface area contributed by atoms with Gasteiger partial charge in [-0.25, -0.2) is 0 Å². The normalized spacial score (nSPS) is 21.4. The summed E-state index contributed by atoms with van der Waals surface area (Å²) >= 11 is 6.14. The van der Waals surface area contributed by atoms with Gasteiger partial charge in [0.1, 0.15) is 0 Å². The Morgan fingerprint density at radius 1 is 1.00 bits per heavy atom. The predicted molar refractivity (Wildman–Crippen MR) is 102 cm³/mol. The SMILES string of the molecule is O=C1c2ccncc2C2(c3ccc(Cl)cc3)N(Cc3cccnc3)CCN12. The molecule has 3 aromatic rings. The smallest absolute Gasteiger partial charge is 0.256 e. The second kappa shape index (κ2) is 6.15. The van der Waals surface area contributed by atoms with Crippen molar-refractivity contribution in [3.8, 4) is 0 Å². The molecule has 0 saturated carbocycles. The topological polar surface area (TPSA) is 49.3 Å². The van der Waals surface area contributed by atoms with Gasteiger partial charge < -0.3 is 4.90 Å². The van der Waals surface area contributed by atoms with Gasteiger partial charge in [0.2, 0.25) is 0 Å². The van der Waals surface area contributed by atoms with Crippen LogP contribution in [0.3, 0.4) is 0 Å². The number of amides is 1. The summed E-state index contributed by atoms with van der Waals surface area (Å²) in [6, 6.07) is 13.6. The van der Waals surface area contributed by atoms with E-state index in [1.54, 1.807) is 12.4 Å². The van der Waals surface area contributed by atoms with Crippen molar-refractivity contribution in [1.29, 1.82) is 0 Å². The summed E-state index contributed by atoms with van der Waals surface area (Å²) < 4.78 is 0. The Morgan fingerprint density at radius 2 is 1.81 bits per heavy atom. The van der Waals surface area contributed by atoms with Gasteiger partial charge in [0.15, 0.2) is 5.66 Å². The van der Waals surface area contributed by atoms with Gasteiger partial charge in [-0.15, -0.1) is 0 Å². The minimum Gasteiger partial charge on any atom is -0.311 e. The maximum absolute atomic E-state index is 13.2. The standard InChI is InChI=1S/C21H17ClN4O/c22-17-5-3-16(4-6-17)21-19-13-24-9-7-18(19)20(27)26(21)11-10-25(21)14-15-2-1-8-23-12-15/h1-9,12-13H,10-11,14H2. The lowest BCUT2D eigenvalue weighted by molar-refractivity contribution is 0.0428. The number of benzene rings is 1. The molecule has 0 N–H and O–H groups in total. The molecule has 4 heterocycles. The van der Waals surface area contributed by atoms with Gasteiger partial charge in [-0.3, -0.25) is 19.7 Å². The van der Waals surface area contributed by atoms with Crippen LogP contribution in [0.4, 0.5) is 0 Å². The van der Waals surface area contributed by atoms with Crippen LogP contribution in [0.5, 0.6) is 0 Å². The molecule has 2 aliphatic rings. The molecular weight excluding hydrogens is 360 g/mol. The van der Waals surface area contributed by atoms with Crippen LogP contribution in [-0.4, -0.2) is 38.8 Å². The molecule has 0 radical (unpaired) electrons. The largest absolute Gasteiger partial charge is 0.311 e. The Hall–Kier alpha value is -2.76. The first-order valence-corrected chi connectivity index (χ1v) is 9.25. The second-order valence-corrected chi connectivity index (χ2v) is 7.28. The van der Waals surface area contributed by atoms with E-state index in [4.69, 9.17) is 11.6 Å². The average Bonchev–Trinajstić information content (AvgIpc) is 3.19. The van der Waals surface area contributed by atoms with E-state index in [2.05, 4.69) is 20.9 Å². The third kappa shape index (κ3) is 2.32. The highest BCUT2D eigenvalue weighted by molar-refractivity contribution is 6.30. The van der Waals surface area contributed by atoms with Gasteiger partial charge >= 0.3 is 0 Å². The van der Waals surface area contributed by atoms with Gasteiger partial charge in [0.05, 0.1) is 0 Å². The summed E-state index contributed by atoms with van der Waals surface area (Å²) in [6.07, 6.45) is 7.15. The number of rotatable bonds is 3. The van der Waals surface area contributed by atoms with Gasteiger partial charge in [-0.2, -0.15) is 0 Å². The number of aromatic nitrogens is 2. The molecule has 2 aliphatic heterocycles. The Bertz CT molecular complexity index is 1010. The van der Waals surface area contributed by atoms with E-state index in [0.717, 1.165) is 28.8 Å². The summed E-state index contributed by atoms with van der Waals surface area (Å²) in [5.41, 5.74) is 3.11. The molecule has 6 heteroatoms. The van der Waals surface area contributed by atoms with Crippen molar-refractivity contribution in [3.63, 3.8) is 0 Å². The molecule has 1 aromatic carbocycles. The molecule has 0 aliphatic carbocycles. The van der Waals surface area contributed by atoms with Crippen LogP contribution in [0.2, 0.25) is 5.02 Å². The molecule has 1 atom stereocenters. The number of nitrogens with zero attached hydrogens (tertiary/aromatic N) is 4. The number of hydrogen-bond acceptors (Lipinski definition) is 4. The summed E-state index contributed by atoms with van der Waals surface area (Å²) in [7, 11) is 0. The molecule has 27 heavy (non-hydrogen) atoms. The lowest BCUT2D eigenvalue weighted by Crippen LogP contribution is -2.49. The first kappa shape index (κ1) is 16.4. The molecule has 5 rings (SSSR count). The van der Waals surface area contributed by atoms with Crippen LogP contribution >= 0.6 is 11.6 Å². The zero-order valence-electron chi connectivity index (χ0n) is 14.5. The van der Waals surface area contributed by atoms with E-state index in [9.17, 15) is 4.79 Å². The zero-order chi connectivity index (χ0) is 18.4. The van der Waals surface area contributed by atoms with Gasteiger partial charge in [-0.05, 0) is 35.4 Å². The van der Waals surface area contributed by atoms with Gasteiger partial charge in [-0.1, -0.05) is 29.8 Å². The lowest BCUT2D eigenvalue weighted by atomic mass is 9.91. The molecule has 134 valence electrons. The molecule has 0 spiro atoms. The van der Waals surface area contributed by atoms with Crippen LogP contribution in [0.1, 0.15) is 27.0 Å². The minimum absolute atomic E-state index is 0.0519. The highest BCUT2D eigenvalue weighted by Gasteiger charge is 2.58. The van der Waals surface area contributed by atoms with E-state index >= 15 is 0 Å². The molecule has 1 unspecified atom stereocenters. The van der Waals surface area contributed by atoms with Crippen molar-refractivity contribution in [2.24, 2.45) is 0 Å². The Morgan fingerprint density at radius 3 is 2.59 bits per heavy atom. The maximum atomic E-state index is 13.2. The second-order valence-electron chi connectivity index (χ2n) is 6.84. The molecule has 1 saturated heterocycles. The highest BCUT2D eigenvalue weighted by Crippen LogP contribution is 2.49. The van der Waals surface area contributed by atoms with Crippen molar-refractivity contribution in [3.05, 3.63) is 94.5 Å². The number of hydrogen-bond donors (Lipinski definition) is 0. The molecule has 1 amide bonds. The summed E-state index contributed by atoms with van der Waals surface area (Å²) in [6.45, 7) is 2.13. The molecule has 2 aromatic heterocycles. The van der Waals surface area contributed by atoms with E-state index in [1.807, 2.05) is 53.7 Å². The molecular formula is C21H17ClN4O. The number of pyridine rings is 2. The molecule has 1 fully saturated rings. The summed E-state index contributed by atoms with van der Waals surface area (Å²) in [5.74, 6) is 0.0519. The predicted octanol–water partition coefficient (Wildman–Crippen LogP) is 3.30. The fourth-order valence-corrected chi connectivity index (χ4v) is 4.49. The van der Waals surface area contributed by atoms with E-state index in [-0.39, 0.29) is 5.91 Å². The maximum Gasteiger partial charge on any atom is 0.256 e. The van der Waals surface area contributed by atoms with Gasteiger partial charge in [0, 0.05) is 60.6 Å². The first-order chi connectivity index (χ1) is 13.2. The zero-order valence-corrected chi connectivity index (χ0v) is 15.3. The average molecular weight is 377 g/mol. The van der Waals surface area contributed by atoms with Crippen LogP contribution in [-0.2, 0) is 12.2 Å². The monoisotopic (exact) mass is 376 g/mol. The quantitative estimate of drug-likeness (QED) is 0.703. The Kier molecular flexibility index (Phi) is 3.74. The van der Waals surface area contributed by atoms with Crippen LogP contribution in [0.25, 0.3) is 0 Å². The minimum atomic E-state index is -0.666. The summed E-state index contributed by atoms with van der Waals surface area (Å²) in [4.78, 5) is 26.0. The van der Waals surface area contributed by atoms with E-state index in [1.165, 1.54) is 0 Å². The lowest BCUT2D eigenvalue weighted by Gasteiger charge is -2.40. The van der Waals surface area contributed by atoms with Gasteiger partial charge in [0.25, 0.3) is 5.91 Å². The van der Waals surface area contributed by atoms with Crippen LogP contribution < -0.4 is 0 Å². The van der Waals surface area contributed by atoms with Crippen LogP contribution in [0, 0.1) is 0 Å². The molecule has 0 bridgehead atoms. The van der Waals surface area contributed by atoms with E-state index in [0.29, 0.717) is 18.1 Å². The Balaban J connectivity index is 1.71. The fraction of sp³-hybridized carbons (Fsp3) is 0.190. The van der Waals surface area contributed by atoms with Crippen molar-refractivity contribution in [2.75, 3.05) is 13.1 Å². The summed E-state index contributed by atoms with van der Waals surface area (Å²) in [5, 5.41) is 0.675. The fourth-order valence-electron chi connectivity index (χ4n) is 4.37. The third-order valence-electron chi connectivity index (χ3n) is 5.46. The molecule has 5 nitrogen and oxygen atoms in total. The number of fused-ring (bicyclic) bond motifs is 3. The van der Waals surface area contributed by atoms with Crippen molar-refractivity contribution < 1.29 is 4.79 Å². The van der Waals surface area contributed by atoms with Crippen molar-refractivity contribution in [2.45, 2.75) is 12.2 Å². The third-order valence-corrected chi connectivity index (χ3v) is 5.71. The highest BCUT2D eigenvalue weighted by atomic mass is 35.5. The first-order valence-electron chi connectivity index (χ1n) is 8.88. The van der Waals surface area contributed by atoms with E-state index < -0.39 is 5.66 Å². The Labute approximate surface area is 162 Å². The number of carbonyl (C=O) groups is 1. The number of carbonyl (C=O) groups excluding carboxylic acids is 1. The van der Waals surface area contributed by atoms with Crippen molar-refractivity contribution >= 4 is 17.5 Å². The van der Waals surface area contributed by atoms with Crippen molar-refractivity contribution in [1.82, 2.24) is 19.8 Å². The number of halogens is 1.